The van der Waals surface area contributed by atoms with Gasteiger partial charge in [-0.2, -0.15) is 0 Å². The number of morpholine rings is 1. The van der Waals surface area contributed by atoms with Crippen LogP contribution in [0.4, 0.5) is 4.79 Å². The van der Waals surface area contributed by atoms with Crippen LogP contribution in [0.2, 0.25) is 5.02 Å². The number of amides is 4. The summed E-state index contributed by atoms with van der Waals surface area (Å²) in [6.07, 6.45) is 0.576. The number of urea groups is 1. The number of nitrogens with one attached hydrogen (secondary N) is 4. The molecular weight excluding hydrogens is 514 g/mol. The van der Waals surface area contributed by atoms with E-state index in [1.807, 2.05) is 13.8 Å². The summed E-state index contributed by atoms with van der Waals surface area (Å²) in [4.78, 5) is 53.1. The molecule has 0 radical (unpaired) electrons. The van der Waals surface area contributed by atoms with Gasteiger partial charge in [0.25, 0.3) is 5.91 Å². The number of para-hydroxylation sites is 1. The predicted molar refractivity (Wildman–Crippen MR) is 144 cm³/mol. The first kappa shape index (κ1) is 31.3. The van der Waals surface area contributed by atoms with Crippen molar-refractivity contribution in [2.45, 2.75) is 52.2 Å². The second kappa shape index (κ2) is 16.2. The van der Waals surface area contributed by atoms with Gasteiger partial charge >= 0.3 is 6.03 Å². The normalized spacial score (nSPS) is 15.3. The van der Waals surface area contributed by atoms with Crippen LogP contribution in [-0.2, 0) is 25.7 Å². The molecule has 11 nitrogen and oxygen atoms in total. The lowest BCUT2D eigenvalue weighted by Gasteiger charge is -2.27. The maximum atomic E-state index is 13.0. The number of ether oxygens (including phenoxy) is 2. The van der Waals surface area contributed by atoms with Crippen LogP contribution >= 0.6 is 11.6 Å². The average molecular weight is 554 g/mol. The van der Waals surface area contributed by atoms with Crippen molar-refractivity contribution in [2.24, 2.45) is 5.92 Å². The molecule has 1 fully saturated rings. The monoisotopic (exact) mass is 553 g/mol. The van der Waals surface area contributed by atoms with Crippen LogP contribution in [0.3, 0.4) is 0 Å². The first-order valence-corrected chi connectivity index (χ1v) is 13.3. The lowest BCUT2D eigenvalue weighted by atomic mass is 10.0. The van der Waals surface area contributed by atoms with Crippen molar-refractivity contribution < 1.29 is 28.7 Å². The molecular formula is C26H40ClN5O6. The summed E-state index contributed by atoms with van der Waals surface area (Å²) in [5.41, 5.74) is 0.610. The van der Waals surface area contributed by atoms with Crippen LogP contribution in [0.25, 0.3) is 0 Å². The smallest absolute Gasteiger partial charge is 0.315 e. The van der Waals surface area contributed by atoms with Crippen LogP contribution in [0, 0.1) is 5.92 Å². The second-order valence-corrected chi connectivity index (χ2v) is 9.89. The summed E-state index contributed by atoms with van der Waals surface area (Å²) in [7, 11) is 1.46. The van der Waals surface area contributed by atoms with Crippen molar-refractivity contribution in [2.75, 3.05) is 46.5 Å². The van der Waals surface area contributed by atoms with Crippen LogP contribution < -0.4 is 26.0 Å². The van der Waals surface area contributed by atoms with Gasteiger partial charge in [-0.1, -0.05) is 44.5 Å². The first-order chi connectivity index (χ1) is 18.2. The van der Waals surface area contributed by atoms with Gasteiger partial charge in [0.05, 0.1) is 31.4 Å². The molecule has 12 heteroatoms. The summed E-state index contributed by atoms with van der Waals surface area (Å²) < 4.78 is 10.6. The Morgan fingerprint density at radius 3 is 2.42 bits per heavy atom. The summed E-state index contributed by atoms with van der Waals surface area (Å²) in [5, 5.41) is 11.1. The number of halogens is 1. The van der Waals surface area contributed by atoms with Crippen molar-refractivity contribution >= 4 is 35.2 Å². The molecule has 1 aromatic rings. The van der Waals surface area contributed by atoms with E-state index in [-0.39, 0.29) is 18.9 Å². The zero-order valence-corrected chi connectivity index (χ0v) is 23.4. The maximum Gasteiger partial charge on any atom is 0.315 e. The van der Waals surface area contributed by atoms with E-state index in [0.717, 1.165) is 13.1 Å². The number of hydrogen-bond acceptors (Lipinski definition) is 7. The van der Waals surface area contributed by atoms with E-state index in [4.69, 9.17) is 21.1 Å². The number of Topliss-reactive ketones (excluding diaryl/α,β-unsaturated/α-hetero) is 1. The molecule has 2 rings (SSSR count). The van der Waals surface area contributed by atoms with E-state index in [1.54, 1.807) is 25.1 Å². The zero-order valence-electron chi connectivity index (χ0n) is 22.6. The Morgan fingerprint density at radius 2 is 1.79 bits per heavy atom. The summed E-state index contributed by atoms with van der Waals surface area (Å²) >= 11 is 6.11. The number of methoxy groups -OCH3 is 1. The van der Waals surface area contributed by atoms with E-state index < -0.39 is 35.7 Å². The third-order valence-electron chi connectivity index (χ3n) is 6.10. The molecule has 1 saturated heterocycles. The van der Waals surface area contributed by atoms with Crippen LogP contribution in [0.1, 0.15) is 39.2 Å². The van der Waals surface area contributed by atoms with Gasteiger partial charge < -0.3 is 30.7 Å². The molecule has 1 aliphatic rings. The van der Waals surface area contributed by atoms with E-state index >= 15 is 0 Å². The van der Waals surface area contributed by atoms with E-state index in [0.29, 0.717) is 49.1 Å². The molecule has 0 spiro atoms. The minimum Gasteiger partial charge on any atom is -0.495 e. The molecule has 4 N–H and O–H groups in total. The zero-order chi connectivity index (χ0) is 28.1. The molecule has 1 unspecified atom stereocenters. The summed E-state index contributed by atoms with van der Waals surface area (Å²) in [6, 6.07) is 2.73. The number of nitrogens with zero attached hydrogens (tertiary/aromatic N) is 1. The Kier molecular flexibility index (Phi) is 13.3. The minimum atomic E-state index is -1.04. The fraction of sp³-hybridized carbons (Fsp3) is 0.615. The molecule has 1 aromatic carbocycles. The predicted octanol–water partition coefficient (Wildman–Crippen LogP) is 1.47. The van der Waals surface area contributed by atoms with Gasteiger partial charge in [0.1, 0.15) is 11.8 Å². The standard InChI is InChI=1S/C26H40ClN5O6/c1-5-20(22(33)25(35)29-16-18-7-6-8-19(27)23(18)37-4)30-24(34)21(15-17(2)3)31-26(36)28-9-10-32-11-13-38-14-12-32/h6-8,17,20-21H,5,9-16H2,1-4H3,(H,29,35)(H,30,34)(H2,28,31,36)/t20?,21-/m0/s1. The second-order valence-electron chi connectivity index (χ2n) is 9.48. The van der Waals surface area contributed by atoms with Crippen molar-refractivity contribution in [3.8, 4) is 5.75 Å². The average Bonchev–Trinajstić information content (AvgIpc) is 2.89. The number of carbonyl (C=O) groups is 4. The fourth-order valence-electron chi connectivity index (χ4n) is 4.03. The Hall–Kier alpha value is -2.89. The van der Waals surface area contributed by atoms with Gasteiger partial charge in [0.15, 0.2) is 0 Å². The lowest BCUT2D eigenvalue weighted by Crippen LogP contribution is -2.55. The third-order valence-corrected chi connectivity index (χ3v) is 6.40. The van der Waals surface area contributed by atoms with Crippen molar-refractivity contribution in [3.05, 3.63) is 28.8 Å². The third kappa shape index (κ3) is 10.1. The van der Waals surface area contributed by atoms with E-state index in [1.165, 1.54) is 7.11 Å². The molecule has 4 amide bonds. The largest absolute Gasteiger partial charge is 0.495 e. The Balaban J connectivity index is 1.91. The molecule has 212 valence electrons. The number of hydrogen-bond donors (Lipinski definition) is 4. The van der Waals surface area contributed by atoms with Crippen molar-refractivity contribution in [1.29, 1.82) is 0 Å². The molecule has 38 heavy (non-hydrogen) atoms. The Labute approximate surface area is 229 Å². The number of carbonyl (C=O) groups excluding carboxylic acids is 4. The van der Waals surface area contributed by atoms with E-state index in [9.17, 15) is 19.2 Å². The van der Waals surface area contributed by atoms with Gasteiger partial charge in [-0.25, -0.2) is 4.79 Å². The summed E-state index contributed by atoms with van der Waals surface area (Å²) in [6.45, 7) is 9.66. The van der Waals surface area contributed by atoms with Crippen molar-refractivity contribution in [3.63, 3.8) is 0 Å². The number of benzene rings is 1. The Bertz CT molecular complexity index is 954. The van der Waals surface area contributed by atoms with Crippen LogP contribution in [0.15, 0.2) is 18.2 Å². The Morgan fingerprint density at radius 1 is 1.08 bits per heavy atom. The lowest BCUT2D eigenvalue weighted by molar-refractivity contribution is -0.140. The highest BCUT2D eigenvalue weighted by Gasteiger charge is 2.29. The quantitative estimate of drug-likeness (QED) is 0.256. The van der Waals surface area contributed by atoms with Gasteiger partial charge in [-0.15, -0.1) is 0 Å². The topological polar surface area (TPSA) is 138 Å². The highest BCUT2D eigenvalue weighted by atomic mass is 35.5. The SMILES string of the molecule is CCC(NC(=O)[C@H](CC(C)C)NC(=O)NCCN1CCOCC1)C(=O)C(=O)NCc1cccc(Cl)c1OC. The maximum absolute atomic E-state index is 13.0. The molecule has 2 atom stereocenters. The van der Waals surface area contributed by atoms with Gasteiger partial charge in [-0.05, 0) is 24.8 Å². The highest BCUT2D eigenvalue weighted by molar-refractivity contribution is 6.38. The van der Waals surface area contributed by atoms with Gasteiger partial charge in [-0.3, -0.25) is 19.3 Å². The highest BCUT2D eigenvalue weighted by Crippen LogP contribution is 2.28. The number of ketones is 1. The fourth-order valence-corrected chi connectivity index (χ4v) is 4.30. The molecule has 0 aromatic heterocycles. The van der Waals surface area contributed by atoms with Gasteiger partial charge in [0.2, 0.25) is 11.7 Å². The molecule has 0 saturated carbocycles. The first-order valence-electron chi connectivity index (χ1n) is 12.9. The molecule has 0 bridgehead atoms. The molecule has 1 aliphatic heterocycles. The van der Waals surface area contributed by atoms with Crippen LogP contribution in [0.5, 0.6) is 5.75 Å². The summed E-state index contributed by atoms with van der Waals surface area (Å²) in [5.74, 6) is -1.63. The van der Waals surface area contributed by atoms with Crippen molar-refractivity contribution in [1.82, 2.24) is 26.2 Å². The van der Waals surface area contributed by atoms with Crippen LogP contribution in [-0.4, -0.2) is 87.1 Å². The minimum absolute atomic E-state index is 0.0286. The van der Waals surface area contributed by atoms with E-state index in [2.05, 4.69) is 26.2 Å². The molecule has 1 heterocycles. The molecule has 0 aliphatic carbocycles. The van der Waals surface area contributed by atoms with Gasteiger partial charge in [0, 0.05) is 38.3 Å². The number of rotatable bonds is 14.